The third kappa shape index (κ3) is 5.16. The molecular weight excluding hydrogens is 302 g/mol. The second-order valence-electron chi connectivity index (χ2n) is 5.76. The molecule has 5 nitrogen and oxygen atoms in total. The normalized spacial score (nSPS) is 17.0. The van der Waals surface area contributed by atoms with Crippen molar-refractivity contribution in [2.75, 3.05) is 31.5 Å². The minimum absolute atomic E-state index is 0.238. The fraction of sp³-hybridized carbons (Fsp3) is 0.562. The number of aliphatic hydroxyl groups is 1. The summed E-state index contributed by atoms with van der Waals surface area (Å²) in [6.07, 6.45) is 3.10. The maximum Gasteiger partial charge on any atom is 0.319 e. The van der Waals surface area contributed by atoms with Gasteiger partial charge in [0.1, 0.15) is 0 Å². The van der Waals surface area contributed by atoms with Crippen LogP contribution in [-0.4, -0.2) is 48.3 Å². The molecule has 0 unspecified atom stereocenters. The van der Waals surface area contributed by atoms with Gasteiger partial charge in [-0.15, -0.1) is 0 Å². The van der Waals surface area contributed by atoms with Gasteiger partial charge in [-0.1, -0.05) is 24.1 Å². The van der Waals surface area contributed by atoms with Crippen LogP contribution in [-0.2, 0) is 0 Å². The lowest BCUT2D eigenvalue weighted by Crippen LogP contribution is -2.43. The van der Waals surface area contributed by atoms with Crippen molar-refractivity contribution in [2.45, 2.75) is 32.3 Å². The lowest BCUT2D eigenvalue weighted by molar-refractivity contribution is 0.102. The SMILES string of the molecule is Cc1c(Cl)cccc1NC(=O)NC[C@@H](O)CN1CCCCC1. The van der Waals surface area contributed by atoms with Gasteiger partial charge in [0.2, 0.25) is 0 Å². The third-order valence-electron chi connectivity index (χ3n) is 3.93. The van der Waals surface area contributed by atoms with E-state index < -0.39 is 6.10 Å². The Morgan fingerprint density at radius 3 is 2.82 bits per heavy atom. The van der Waals surface area contributed by atoms with Crippen molar-refractivity contribution in [3.05, 3.63) is 28.8 Å². The van der Waals surface area contributed by atoms with Crippen molar-refractivity contribution in [1.29, 1.82) is 0 Å². The summed E-state index contributed by atoms with van der Waals surface area (Å²) in [6, 6.07) is 5.03. The zero-order valence-electron chi connectivity index (χ0n) is 12.9. The molecular formula is C16H24ClN3O2. The number of amides is 2. The summed E-state index contributed by atoms with van der Waals surface area (Å²) in [5.74, 6) is 0. The molecule has 1 aromatic carbocycles. The summed E-state index contributed by atoms with van der Waals surface area (Å²) >= 11 is 6.02. The van der Waals surface area contributed by atoms with Crippen molar-refractivity contribution >= 4 is 23.3 Å². The van der Waals surface area contributed by atoms with Crippen LogP contribution in [0.4, 0.5) is 10.5 Å². The van der Waals surface area contributed by atoms with E-state index in [9.17, 15) is 9.90 Å². The number of anilines is 1. The van der Waals surface area contributed by atoms with Gasteiger partial charge in [-0.2, -0.15) is 0 Å². The molecule has 2 amide bonds. The molecule has 0 saturated carbocycles. The van der Waals surface area contributed by atoms with E-state index in [0.29, 0.717) is 17.3 Å². The van der Waals surface area contributed by atoms with Gasteiger partial charge in [-0.3, -0.25) is 0 Å². The van der Waals surface area contributed by atoms with Gasteiger partial charge in [0.25, 0.3) is 0 Å². The van der Waals surface area contributed by atoms with Crippen LogP contribution in [0, 0.1) is 6.92 Å². The number of hydrogen-bond donors (Lipinski definition) is 3. The molecule has 22 heavy (non-hydrogen) atoms. The van der Waals surface area contributed by atoms with Crippen molar-refractivity contribution in [1.82, 2.24) is 10.2 Å². The van der Waals surface area contributed by atoms with Gasteiger partial charge in [-0.05, 0) is 50.6 Å². The summed E-state index contributed by atoms with van der Waals surface area (Å²) in [4.78, 5) is 14.1. The van der Waals surface area contributed by atoms with Crippen LogP contribution < -0.4 is 10.6 Å². The Morgan fingerprint density at radius 1 is 1.36 bits per heavy atom. The van der Waals surface area contributed by atoms with Crippen molar-refractivity contribution in [3.8, 4) is 0 Å². The number of rotatable bonds is 5. The Kier molecular flexibility index (Phi) is 6.49. The minimum atomic E-state index is -0.552. The van der Waals surface area contributed by atoms with E-state index in [0.717, 1.165) is 18.7 Å². The van der Waals surface area contributed by atoms with Crippen molar-refractivity contribution < 1.29 is 9.90 Å². The van der Waals surface area contributed by atoms with Crippen LogP contribution in [0.3, 0.4) is 0 Å². The molecule has 0 aromatic heterocycles. The van der Waals surface area contributed by atoms with E-state index >= 15 is 0 Å². The van der Waals surface area contributed by atoms with Gasteiger partial charge in [0, 0.05) is 23.8 Å². The molecule has 1 saturated heterocycles. The first-order valence-corrected chi connectivity index (χ1v) is 8.14. The van der Waals surface area contributed by atoms with Gasteiger partial charge in [-0.25, -0.2) is 4.79 Å². The molecule has 0 radical (unpaired) electrons. The van der Waals surface area contributed by atoms with Crippen molar-refractivity contribution in [2.24, 2.45) is 0 Å². The number of halogens is 1. The number of nitrogens with zero attached hydrogens (tertiary/aromatic N) is 1. The molecule has 1 heterocycles. The number of carbonyl (C=O) groups excluding carboxylic acids is 1. The number of nitrogens with one attached hydrogen (secondary N) is 2. The van der Waals surface area contributed by atoms with Gasteiger partial charge < -0.3 is 20.6 Å². The molecule has 3 N–H and O–H groups in total. The van der Waals surface area contributed by atoms with E-state index in [1.54, 1.807) is 18.2 Å². The average Bonchev–Trinajstić information content (AvgIpc) is 2.51. The van der Waals surface area contributed by atoms with Crippen LogP contribution in [0.15, 0.2) is 18.2 Å². The molecule has 1 aliphatic heterocycles. The largest absolute Gasteiger partial charge is 0.390 e. The summed E-state index contributed by atoms with van der Waals surface area (Å²) in [5.41, 5.74) is 1.50. The number of likely N-dealkylation sites (tertiary alicyclic amines) is 1. The van der Waals surface area contributed by atoms with E-state index in [-0.39, 0.29) is 12.6 Å². The molecule has 2 rings (SSSR count). The lowest BCUT2D eigenvalue weighted by atomic mass is 10.1. The summed E-state index contributed by atoms with van der Waals surface area (Å²) < 4.78 is 0. The Balaban J connectivity index is 1.73. The second kappa shape index (κ2) is 8.36. The van der Waals surface area contributed by atoms with Gasteiger partial charge in [0.15, 0.2) is 0 Å². The summed E-state index contributed by atoms with van der Waals surface area (Å²) in [7, 11) is 0. The molecule has 0 spiro atoms. The van der Waals surface area contributed by atoms with Gasteiger partial charge in [0.05, 0.1) is 6.10 Å². The predicted octanol–water partition coefficient (Wildman–Crippen LogP) is 2.62. The highest BCUT2D eigenvalue weighted by Crippen LogP contribution is 2.22. The predicted molar refractivity (Wildman–Crippen MR) is 89.5 cm³/mol. The fourth-order valence-corrected chi connectivity index (χ4v) is 2.80. The quantitative estimate of drug-likeness (QED) is 0.779. The first-order valence-electron chi connectivity index (χ1n) is 7.76. The average molecular weight is 326 g/mol. The second-order valence-corrected chi connectivity index (χ2v) is 6.17. The maximum atomic E-state index is 11.9. The third-order valence-corrected chi connectivity index (χ3v) is 4.34. The van der Waals surface area contributed by atoms with Crippen LogP contribution in [0.2, 0.25) is 5.02 Å². The molecule has 6 heteroatoms. The van der Waals surface area contributed by atoms with Crippen molar-refractivity contribution in [3.63, 3.8) is 0 Å². The van der Waals surface area contributed by atoms with Crippen LogP contribution in [0.5, 0.6) is 0 Å². The molecule has 0 aliphatic carbocycles. The number of benzene rings is 1. The summed E-state index contributed by atoms with van der Waals surface area (Å²) in [6.45, 7) is 4.76. The molecule has 0 bridgehead atoms. The highest BCUT2D eigenvalue weighted by Gasteiger charge is 2.15. The number of hydrogen-bond acceptors (Lipinski definition) is 3. The Labute approximate surface area is 136 Å². The number of urea groups is 1. The first kappa shape index (κ1) is 17.1. The number of piperidine rings is 1. The zero-order valence-corrected chi connectivity index (χ0v) is 13.7. The summed E-state index contributed by atoms with van der Waals surface area (Å²) in [5, 5.41) is 16.1. The Hall–Kier alpha value is -1.30. The van der Waals surface area contributed by atoms with E-state index in [1.807, 2.05) is 6.92 Å². The highest BCUT2D eigenvalue weighted by molar-refractivity contribution is 6.31. The van der Waals surface area contributed by atoms with Crippen LogP contribution in [0.25, 0.3) is 0 Å². The molecule has 122 valence electrons. The van der Waals surface area contributed by atoms with Gasteiger partial charge >= 0.3 is 6.03 Å². The molecule has 1 atom stereocenters. The van der Waals surface area contributed by atoms with E-state index in [1.165, 1.54) is 19.3 Å². The Bertz CT molecular complexity index is 504. The molecule has 1 fully saturated rings. The Morgan fingerprint density at radius 2 is 2.09 bits per heavy atom. The molecule has 1 aromatic rings. The minimum Gasteiger partial charge on any atom is -0.390 e. The number of β-amino-alcohol motifs (C(OH)–C–C–N with tert-alkyl or cyclic N) is 1. The monoisotopic (exact) mass is 325 g/mol. The topological polar surface area (TPSA) is 64.6 Å². The van der Waals surface area contributed by atoms with Crippen LogP contribution in [0.1, 0.15) is 24.8 Å². The smallest absolute Gasteiger partial charge is 0.319 e. The van der Waals surface area contributed by atoms with E-state index in [4.69, 9.17) is 11.6 Å². The van der Waals surface area contributed by atoms with E-state index in [2.05, 4.69) is 15.5 Å². The zero-order chi connectivity index (χ0) is 15.9. The molecule has 1 aliphatic rings. The fourth-order valence-electron chi connectivity index (χ4n) is 2.62. The maximum absolute atomic E-state index is 11.9. The standard InChI is InChI=1S/C16H24ClN3O2/c1-12-14(17)6-5-7-15(12)19-16(22)18-10-13(21)11-20-8-3-2-4-9-20/h5-7,13,21H,2-4,8-11H2,1H3,(H2,18,19,22)/t13-/m1/s1. The lowest BCUT2D eigenvalue weighted by Gasteiger charge is -2.28. The number of aliphatic hydroxyl groups excluding tert-OH is 1. The number of carbonyl (C=O) groups is 1. The highest BCUT2D eigenvalue weighted by atomic mass is 35.5. The first-order chi connectivity index (χ1) is 10.6. The van der Waals surface area contributed by atoms with Crippen LogP contribution >= 0.6 is 11.6 Å².